The second-order valence-electron chi connectivity index (χ2n) is 9.17. The van der Waals surface area contributed by atoms with Crippen molar-refractivity contribution in [2.24, 2.45) is 0 Å². The Bertz CT molecular complexity index is 1380. The third-order valence-corrected chi connectivity index (χ3v) is 5.85. The maximum absolute atomic E-state index is 13.1. The average molecular weight is 480 g/mol. The lowest BCUT2D eigenvalue weighted by Crippen LogP contribution is -2.12. The molecular weight excluding hydrogens is 449 g/mol. The number of anilines is 1. The van der Waals surface area contributed by atoms with Crippen LogP contribution in [0, 0.1) is 18.2 Å². The van der Waals surface area contributed by atoms with Crippen LogP contribution in [0.15, 0.2) is 91.5 Å². The van der Waals surface area contributed by atoms with Crippen LogP contribution in [0.4, 0.5) is 10.1 Å². The Balaban J connectivity index is 1.46. The summed E-state index contributed by atoms with van der Waals surface area (Å²) < 4.78 is 13.1. The molecule has 0 aliphatic carbocycles. The quantitative estimate of drug-likeness (QED) is 0.279. The highest BCUT2D eigenvalue weighted by Crippen LogP contribution is 2.25. The molecule has 2 N–H and O–H groups in total. The molecule has 0 aliphatic heterocycles. The zero-order valence-electron chi connectivity index (χ0n) is 20.8. The van der Waals surface area contributed by atoms with Gasteiger partial charge in [-0.1, -0.05) is 30.8 Å². The molecule has 0 aliphatic rings. The number of nitrogens with one attached hydrogen (secondary N) is 2. The smallest absolute Gasteiger partial charge is 0.123 e. The molecule has 0 radical (unpaired) electrons. The van der Waals surface area contributed by atoms with Crippen LogP contribution in [0.25, 0.3) is 11.1 Å². The molecule has 0 unspecified atom stereocenters. The number of hydrogen-bond donors (Lipinski definition) is 2. The first-order valence-electron chi connectivity index (χ1n) is 11.7. The zero-order valence-corrected chi connectivity index (χ0v) is 20.8. The Kier molecular flexibility index (Phi) is 7.66. The van der Waals surface area contributed by atoms with E-state index < -0.39 is 0 Å². The molecule has 0 atom stereocenters. The fourth-order valence-corrected chi connectivity index (χ4v) is 3.98. The van der Waals surface area contributed by atoms with Crippen molar-refractivity contribution in [1.29, 1.82) is 5.41 Å². The number of rotatable bonds is 9. The Morgan fingerprint density at radius 3 is 2.42 bits per heavy atom. The van der Waals surface area contributed by atoms with E-state index in [1.807, 2.05) is 57.7 Å². The standard InChI is InChI=1S/C30H30FN5/c1-20-5-8-24(25-13-23(16-33-17-25)19-36(3)4)15-29(20)30(32)21(2)35-28-12-11-27(34-18-28)14-22-6-9-26(31)10-7-22/h5-13,15-18,32,35H,2,14,19H2,1,3-4H3. The molecule has 0 saturated heterocycles. The maximum atomic E-state index is 13.1. The average Bonchev–Trinajstić information content (AvgIpc) is 2.86. The van der Waals surface area contributed by atoms with Crippen LogP contribution in [0.5, 0.6) is 0 Å². The summed E-state index contributed by atoms with van der Waals surface area (Å²) in [5, 5.41) is 12.0. The van der Waals surface area contributed by atoms with Crippen molar-refractivity contribution < 1.29 is 4.39 Å². The Labute approximate surface area is 211 Å². The fraction of sp³-hybridized carbons (Fsp3) is 0.167. The molecule has 4 rings (SSSR count). The van der Waals surface area contributed by atoms with Gasteiger partial charge in [-0.2, -0.15) is 0 Å². The van der Waals surface area contributed by atoms with Gasteiger partial charge in [-0.05, 0) is 79.7 Å². The van der Waals surface area contributed by atoms with Gasteiger partial charge in [0.15, 0.2) is 0 Å². The van der Waals surface area contributed by atoms with Crippen LogP contribution in [-0.4, -0.2) is 34.7 Å². The second kappa shape index (κ2) is 11.1. The summed E-state index contributed by atoms with van der Waals surface area (Å²) in [6.07, 6.45) is 6.07. The van der Waals surface area contributed by atoms with E-state index >= 15 is 0 Å². The minimum absolute atomic E-state index is 0.248. The molecule has 0 saturated carbocycles. The van der Waals surface area contributed by atoms with Gasteiger partial charge >= 0.3 is 0 Å². The first-order chi connectivity index (χ1) is 17.3. The summed E-state index contributed by atoms with van der Waals surface area (Å²) in [5.74, 6) is -0.248. The topological polar surface area (TPSA) is 64.9 Å². The minimum atomic E-state index is -0.248. The van der Waals surface area contributed by atoms with E-state index in [1.165, 1.54) is 12.1 Å². The largest absolute Gasteiger partial charge is 0.353 e. The van der Waals surface area contributed by atoms with E-state index in [1.54, 1.807) is 18.3 Å². The van der Waals surface area contributed by atoms with Gasteiger partial charge < -0.3 is 10.2 Å². The van der Waals surface area contributed by atoms with Gasteiger partial charge in [0.2, 0.25) is 0 Å². The zero-order chi connectivity index (χ0) is 25.7. The SMILES string of the molecule is C=C(Nc1ccc(Cc2ccc(F)cc2)nc1)C(=N)c1cc(-c2cncc(CN(C)C)c2)ccc1C. The molecule has 0 amide bonds. The summed E-state index contributed by atoms with van der Waals surface area (Å²) in [4.78, 5) is 11.0. The second-order valence-corrected chi connectivity index (χ2v) is 9.17. The van der Waals surface area contributed by atoms with Crippen LogP contribution in [0.1, 0.15) is 27.9 Å². The Hall–Kier alpha value is -4.16. The first kappa shape index (κ1) is 24.9. The van der Waals surface area contributed by atoms with Crippen molar-refractivity contribution in [3.05, 3.63) is 125 Å². The van der Waals surface area contributed by atoms with E-state index in [-0.39, 0.29) is 5.82 Å². The lowest BCUT2D eigenvalue weighted by Gasteiger charge is -2.15. The number of aryl methyl sites for hydroxylation is 1. The highest BCUT2D eigenvalue weighted by molar-refractivity contribution is 6.13. The van der Waals surface area contributed by atoms with Crippen molar-refractivity contribution >= 4 is 11.4 Å². The molecule has 2 heterocycles. The van der Waals surface area contributed by atoms with Gasteiger partial charge in [-0.15, -0.1) is 0 Å². The molecule has 6 heteroatoms. The maximum Gasteiger partial charge on any atom is 0.123 e. The van der Waals surface area contributed by atoms with Gasteiger partial charge in [-0.25, -0.2) is 4.39 Å². The van der Waals surface area contributed by atoms with Crippen LogP contribution in [-0.2, 0) is 13.0 Å². The van der Waals surface area contributed by atoms with E-state index in [2.05, 4.69) is 38.9 Å². The molecule has 0 spiro atoms. The summed E-state index contributed by atoms with van der Waals surface area (Å²) in [5.41, 5.74) is 8.40. The third-order valence-electron chi connectivity index (χ3n) is 5.85. The predicted octanol–water partition coefficient (Wildman–Crippen LogP) is 6.24. The first-order valence-corrected chi connectivity index (χ1v) is 11.7. The van der Waals surface area contributed by atoms with E-state index in [4.69, 9.17) is 5.41 Å². The number of hydrogen-bond acceptors (Lipinski definition) is 5. The number of halogens is 1. The number of allylic oxidation sites excluding steroid dienone is 1. The third kappa shape index (κ3) is 6.29. The minimum Gasteiger partial charge on any atom is -0.353 e. The van der Waals surface area contributed by atoms with Gasteiger partial charge in [0.1, 0.15) is 5.82 Å². The summed E-state index contributed by atoms with van der Waals surface area (Å²) in [6.45, 7) is 6.90. The molecule has 0 bridgehead atoms. The number of pyridine rings is 2. The van der Waals surface area contributed by atoms with Gasteiger partial charge in [0.05, 0.1) is 23.3 Å². The van der Waals surface area contributed by atoms with E-state index in [0.29, 0.717) is 17.8 Å². The number of nitrogens with zero attached hydrogens (tertiary/aromatic N) is 3. The number of benzene rings is 2. The molecule has 4 aromatic rings. The molecule has 182 valence electrons. The normalized spacial score (nSPS) is 10.9. The van der Waals surface area contributed by atoms with Gasteiger partial charge in [0, 0.05) is 42.2 Å². The lowest BCUT2D eigenvalue weighted by molar-refractivity contribution is 0.402. The highest BCUT2D eigenvalue weighted by atomic mass is 19.1. The van der Waals surface area contributed by atoms with Gasteiger partial charge in [-0.3, -0.25) is 15.4 Å². The fourth-order valence-electron chi connectivity index (χ4n) is 3.98. The Morgan fingerprint density at radius 2 is 1.72 bits per heavy atom. The monoisotopic (exact) mass is 479 g/mol. The number of aromatic nitrogens is 2. The van der Waals surface area contributed by atoms with Gasteiger partial charge in [0.25, 0.3) is 0 Å². The molecule has 0 fully saturated rings. The molecule has 2 aromatic heterocycles. The molecule has 5 nitrogen and oxygen atoms in total. The lowest BCUT2D eigenvalue weighted by atomic mass is 9.96. The molecule has 2 aromatic carbocycles. The highest BCUT2D eigenvalue weighted by Gasteiger charge is 2.12. The van der Waals surface area contributed by atoms with Crippen LogP contribution < -0.4 is 5.32 Å². The molecular formula is C30H30FN5. The van der Waals surface area contributed by atoms with E-state index in [0.717, 1.165) is 51.3 Å². The summed E-state index contributed by atoms with van der Waals surface area (Å²) in [7, 11) is 4.07. The van der Waals surface area contributed by atoms with Crippen molar-refractivity contribution in [3.8, 4) is 11.1 Å². The van der Waals surface area contributed by atoms with Crippen molar-refractivity contribution in [3.63, 3.8) is 0 Å². The van der Waals surface area contributed by atoms with E-state index in [9.17, 15) is 4.39 Å². The molecule has 36 heavy (non-hydrogen) atoms. The predicted molar refractivity (Wildman–Crippen MR) is 145 cm³/mol. The van der Waals surface area contributed by atoms with Crippen molar-refractivity contribution in [1.82, 2.24) is 14.9 Å². The summed E-state index contributed by atoms with van der Waals surface area (Å²) >= 11 is 0. The van der Waals surface area contributed by atoms with Crippen LogP contribution >= 0.6 is 0 Å². The van der Waals surface area contributed by atoms with Crippen molar-refractivity contribution in [2.75, 3.05) is 19.4 Å². The van der Waals surface area contributed by atoms with Crippen LogP contribution in [0.2, 0.25) is 0 Å². The van der Waals surface area contributed by atoms with Crippen molar-refractivity contribution in [2.45, 2.75) is 19.9 Å². The summed E-state index contributed by atoms with van der Waals surface area (Å²) in [6, 6.07) is 18.5. The Morgan fingerprint density at radius 1 is 0.944 bits per heavy atom. The van der Waals surface area contributed by atoms with Crippen LogP contribution in [0.3, 0.4) is 0 Å².